The van der Waals surface area contributed by atoms with E-state index in [2.05, 4.69) is 4.74 Å². The lowest BCUT2D eigenvalue weighted by Crippen LogP contribution is -2.27. The number of anilines is 2. The van der Waals surface area contributed by atoms with E-state index >= 15 is 0 Å². The molecule has 5 heteroatoms. The Morgan fingerprint density at radius 3 is 2.71 bits per heavy atom. The number of carbonyl (C=O) groups excluding carboxylic acids is 1. The van der Waals surface area contributed by atoms with Gasteiger partial charge in [-0.3, -0.25) is 0 Å². The number of nitrogens with two attached hydrogens (primary N) is 1. The fourth-order valence-electron chi connectivity index (χ4n) is 1.66. The van der Waals surface area contributed by atoms with Gasteiger partial charge in [-0.25, -0.2) is 4.79 Å². The molecule has 0 saturated heterocycles. The van der Waals surface area contributed by atoms with E-state index in [4.69, 9.17) is 10.8 Å². The molecule has 0 heterocycles. The SMILES string of the molecule is CCN(CCO)c1ccc(C(=O)OC)cc1N. The van der Waals surface area contributed by atoms with Crippen LogP contribution in [0.25, 0.3) is 0 Å². The van der Waals surface area contributed by atoms with Gasteiger partial charge in [0.15, 0.2) is 0 Å². The van der Waals surface area contributed by atoms with E-state index in [-0.39, 0.29) is 6.61 Å². The van der Waals surface area contributed by atoms with Crippen LogP contribution in [0.5, 0.6) is 0 Å². The van der Waals surface area contributed by atoms with E-state index < -0.39 is 5.97 Å². The molecule has 0 unspecified atom stereocenters. The van der Waals surface area contributed by atoms with E-state index in [9.17, 15) is 4.79 Å². The molecule has 3 N–H and O–H groups in total. The number of benzene rings is 1. The Bertz CT molecular complexity index is 393. The number of hydrogen-bond donors (Lipinski definition) is 2. The third-order valence-corrected chi connectivity index (χ3v) is 2.54. The normalized spacial score (nSPS) is 10.1. The van der Waals surface area contributed by atoms with Crippen LogP contribution in [0.15, 0.2) is 18.2 Å². The quantitative estimate of drug-likeness (QED) is 0.588. The first-order valence-corrected chi connectivity index (χ1v) is 5.47. The fourth-order valence-corrected chi connectivity index (χ4v) is 1.66. The molecule has 1 rings (SSSR count). The second-order valence-electron chi connectivity index (χ2n) is 3.57. The number of hydrogen-bond acceptors (Lipinski definition) is 5. The topological polar surface area (TPSA) is 75.8 Å². The minimum absolute atomic E-state index is 0.0615. The number of esters is 1. The van der Waals surface area contributed by atoms with Crippen LogP contribution in [-0.4, -0.2) is 37.9 Å². The van der Waals surface area contributed by atoms with E-state index in [1.165, 1.54) is 7.11 Å². The highest BCUT2D eigenvalue weighted by Crippen LogP contribution is 2.24. The average Bonchev–Trinajstić information content (AvgIpc) is 2.35. The standard InChI is InChI=1S/C12H18N2O3/c1-3-14(6-7-15)11-5-4-9(8-10(11)13)12(16)17-2/h4-5,8,15H,3,6-7,13H2,1-2H3. The number of nitrogen functional groups attached to an aromatic ring is 1. The third-order valence-electron chi connectivity index (χ3n) is 2.54. The first-order chi connectivity index (χ1) is 8.13. The molecule has 1 aromatic carbocycles. The van der Waals surface area contributed by atoms with Crippen molar-refractivity contribution in [2.75, 3.05) is 37.4 Å². The van der Waals surface area contributed by atoms with Crippen molar-refractivity contribution in [2.45, 2.75) is 6.92 Å². The van der Waals surface area contributed by atoms with Crippen LogP contribution in [0, 0.1) is 0 Å². The summed E-state index contributed by atoms with van der Waals surface area (Å²) in [6.45, 7) is 3.29. The molecular weight excluding hydrogens is 220 g/mol. The molecule has 0 aliphatic heterocycles. The molecule has 0 aromatic heterocycles. The summed E-state index contributed by atoms with van der Waals surface area (Å²) in [5, 5.41) is 8.94. The summed E-state index contributed by atoms with van der Waals surface area (Å²) < 4.78 is 4.62. The smallest absolute Gasteiger partial charge is 0.337 e. The predicted molar refractivity (Wildman–Crippen MR) is 67.2 cm³/mol. The molecule has 0 amide bonds. The van der Waals surface area contributed by atoms with Crippen molar-refractivity contribution in [3.8, 4) is 0 Å². The summed E-state index contributed by atoms with van der Waals surface area (Å²) in [6.07, 6.45) is 0. The Morgan fingerprint density at radius 2 is 2.24 bits per heavy atom. The van der Waals surface area contributed by atoms with Gasteiger partial charge < -0.3 is 20.5 Å². The van der Waals surface area contributed by atoms with Gasteiger partial charge in [-0.05, 0) is 25.1 Å². The first kappa shape index (κ1) is 13.3. The van der Waals surface area contributed by atoms with Crippen molar-refractivity contribution in [1.29, 1.82) is 0 Å². The van der Waals surface area contributed by atoms with Crippen LogP contribution in [0.2, 0.25) is 0 Å². The van der Waals surface area contributed by atoms with E-state index in [0.29, 0.717) is 17.8 Å². The van der Waals surface area contributed by atoms with E-state index in [1.807, 2.05) is 11.8 Å². The number of aliphatic hydroxyl groups is 1. The average molecular weight is 238 g/mol. The molecule has 5 nitrogen and oxygen atoms in total. The number of nitrogens with zero attached hydrogens (tertiary/aromatic N) is 1. The molecule has 0 fully saturated rings. The summed E-state index contributed by atoms with van der Waals surface area (Å²) in [5.74, 6) is -0.409. The molecule has 0 atom stereocenters. The van der Waals surface area contributed by atoms with Crippen LogP contribution in [-0.2, 0) is 4.74 Å². The Labute approximate surface area is 101 Å². The zero-order valence-corrected chi connectivity index (χ0v) is 10.1. The molecule has 0 aliphatic rings. The lowest BCUT2D eigenvalue weighted by atomic mass is 10.1. The maximum atomic E-state index is 11.3. The monoisotopic (exact) mass is 238 g/mol. The number of methoxy groups -OCH3 is 1. The summed E-state index contributed by atoms with van der Waals surface area (Å²) in [4.78, 5) is 13.3. The number of likely N-dealkylation sites (N-methyl/N-ethyl adjacent to an activating group) is 1. The van der Waals surface area contributed by atoms with Gasteiger partial charge in [0.05, 0.1) is 30.7 Å². The third kappa shape index (κ3) is 3.10. The second-order valence-corrected chi connectivity index (χ2v) is 3.57. The zero-order chi connectivity index (χ0) is 12.8. The molecule has 0 saturated carbocycles. The van der Waals surface area contributed by atoms with Crippen molar-refractivity contribution in [3.05, 3.63) is 23.8 Å². The first-order valence-electron chi connectivity index (χ1n) is 5.47. The van der Waals surface area contributed by atoms with E-state index in [0.717, 1.165) is 12.2 Å². The van der Waals surface area contributed by atoms with Gasteiger partial charge in [0.1, 0.15) is 0 Å². The van der Waals surface area contributed by atoms with Crippen molar-refractivity contribution in [3.63, 3.8) is 0 Å². The van der Waals surface area contributed by atoms with E-state index in [1.54, 1.807) is 18.2 Å². The van der Waals surface area contributed by atoms with Gasteiger partial charge in [0, 0.05) is 13.1 Å². The highest BCUT2D eigenvalue weighted by molar-refractivity contribution is 5.91. The second kappa shape index (κ2) is 6.10. The Hall–Kier alpha value is -1.75. The molecule has 17 heavy (non-hydrogen) atoms. The summed E-state index contributed by atoms with van der Waals surface area (Å²) in [7, 11) is 1.33. The lowest BCUT2D eigenvalue weighted by Gasteiger charge is -2.23. The van der Waals surface area contributed by atoms with Gasteiger partial charge in [-0.2, -0.15) is 0 Å². The number of carbonyl (C=O) groups is 1. The van der Waals surface area contributed by atoms with Crippen molar-refractivity contribution in [2.24, 2.45) is 0 Å². The van der Waals surface area contributed by atoms with Gasteiger partial charge >= 0.3 is 5.97 Å². The lowest BCUT2D eigenvalue weighted by molar-refractivity contribution is 0.0601. The number of ether oxygens (including phenoxy) is 1. The van der Waals surface area contributed by atoms with Gasteiger partial charge in [0.2, 0.25) is 0 Å². The molecule has 94 valence electrons. The maximum absolute atomic E-state index is 11.3. The predicted octanol–water partition coefficient (Wildman–Crippen LogP) is 0.874. The van der Waals surface area contributed by atoms with Gasteiger partial charge in [-0.15, -0.1) is 0 Å². The maximum Gasteiger partial charge on any atom is 0.337 e. The summed E-state index contributed by atoms with van der Waals surface area (Å²) in [5.41, 5.74) is 7.63. The van der Waals surface area contributed by atoms with Crippen molar-refractivity contribution >= 4 is 17.3 Å². The Morgan fingerprint density at radius 1 is 1.53 bits per heavy atom. The largest absolute Gasteiger partial charge is 0.465 e. The fraction of sp³-hybridized carbons (Fsp3) is 0.417. The number of rotatable bonds is 5. The number of aliphatic hydroxyl groups excluding tert-OH is 1. The van der Waals surface area contributed by atoms with Crippen LogP contribution in [0.1, 0.15) is 17.3 Å². The minimum atomic E-state index is -0.409. The highest BCUT2D eigenvalue weighted by Gasteiger charge is 2.11. The molecule has 0 spiro atoms. The van der Waals surface area contributed by atoms with Gasteiger partial charge in [-0.1, -0.05) is 0 Å². The van der Waals surface area contributed by atoms with Crippen LogP contribution < -0.4 is 10.6 Å². The molecule has 0 aliphatic carbocycles. The van der Waals surface area contributed by atoms with Crippen molar-refractivity contribution in [1.82, 2.24) is 0 Å². The highest BCUT2D eigenvalue weighted by atomic mass is 16.5. The Balaban J connectivity index is 2.99. The molecule has 0 bridgehead atoms. The van der Waals surface area contributed by atoms with Crippen LogP contribution >= 0.6 is 0 Å². The summed E-state index contributed by atoms with van der Waals surface area (Å²) in [6, 6.07) is 5.01. The van der Waals surface area contributed by atoms with Gasteiger partial charge in [0.25, 0.3) is 0 Å². The summed E-state index contributed by atoms with van der Waals surface area (Å²) >= 11 is 0. The van der Waals surface area contributed by atoms with Crippen LogP contribution in [0.3, 0.4) is 0 Å². The molecule has 1 aromatic rings. The molecular formula is C12H18N2O3. The minimum Gasteiger partial charge on any atom is -0.465 e. The van der Waals surface area contributed by atoms with Crippen LogP contribution in [0.4, 0.5) is 11.4 Å². The zero-order valence-electron chi connectivity index (χ0n) is 10.1. The van der Waals surface area contributed by atoms with Crippen molar-refractivity contribution < 1.29 is 14.6 Å². The Kier molecular flexibility index (Phi) is 4.78. The molecule has 0 radical (unpaired) electrons.